The van der Waals surface area contributed by atoms with E-state index in [0.29, 0.717) is 0 Å². The SMILES string of the molecule is c1ccc(-n2c3cccc4ccc5c(-c6ccc7c(-c8ccc9ccccc9c8)c8ccccc8c(-c8ccc9ccccc9c8)c7c6)ccc2c5c43)cc1. The van der Waals surface area contributed by atoms with Crippen LogP contribution < -0.4 is 0 Å². The lowest BCUT2D eigenvalue weighted by Crippen LogP contribution is -1.93. The molecule has 0 aliphatic carbocycles. The molecule has 1 aromatic heterocycles. The van der Waals surface area contributed by atoms with Gasteiger partial charge in [-0.1, -0.05) is 158 Å². The minimum atomic E-state index is 1.18. The van der Waals surface area contributed by atoms with E-state index in [1.54, 1.807) is 0 Å². The number of nitrogens with zero attached hydrogens (tertiary/aromatic N) is 1. The molecule has 0 saturated heterocycles. The van der Waals surface area contributed by atoms with Crippen LogP contribution in [0.15, 0.2) is 200 Å². The van der Waals surface area contributed by atoms with Gasteiger partial charge in [0, 0.05) is 16.5 Å². The molecule has 0 spiro atoms. The molecule has 0 atom stereocenters. The van der Waals surface area contributed by atoms with E-state index in [4.69, 9.17) is 0 Å². The summed E-state index contributed by atoms with van der Waals surface area (Å²) in [7, 11) is 0. The molecule has 254 valence electrons. The highest BCUT2D eigenvalue weighted by molar-refractivity contribution is 6.27. The molecule has 0 bridgehead atoms. The molecule has 12 aromatic rings. The van der Waals surface area contributed by atoms with E-state index >= 15 is 0 Å². The molecule has 0 radical (unpaired) electrons. The molecule has 0 fully saturated rings. The summed E-state index contributed by atoms with van der Waals surface area (Å²) in [5.41, 5.74) is 11.1. The van der Waals surface area contributed by atoms with Crippen molar-refractivity contribution >= 4 is 75.7 Å². The van der Waals surface area contributed by atoms with Gasteiger partial charge in [-0.15, -0.1) is 0 Å². The Hall–Kier alpha value is -7.22. The third-order valence-corrected chi connectivity index (χ3v) is 11.9. The number of benzene rings is 11. The van der Waals surface area contributed by atoms with Crippen molar-refractivity contribution in [1.82, 2.24) is 4.57 Å². The minimum Gasteiger partial charge on any atom is -0.309 e. The maximum Gasteiger partial charge on any atom is 0.0547 e. The van der Waals surface area contributed by atoms with Gasteiger partial charge < -0.3 is 4.57 Å². The van der Waals surface area contributed by atoms with Gasteiger partial charge in [0.1, 0.15) is 0 Å². The number of rotatable bonds is 4. The molecule has 1 heterocycles. The lowest BCUT2D eigenvalue weighted by molar-refractivity contribution is 1.18. The smallest absolute Gasteiger partial charge is 0.0547 e. The molecule has 0 saturated carbocycles. The first-order chi connectivity index (χ1) is 27.3. The van der Waals surface area contributed by atoms with Crippen LogP contribution in [0.1, 0.15) is 0 Å². The lowest BCUT2D eigenvalue weighted by atomic mass is 9.84. The molecule has 0 N–H and O–H groups in total. The van der Waals surface area contributed by atoms with Gasteiger partial charge in [0.15, 0.2) is 0 Å². The molecule has 0 aliphatic heterocycles. The van der Waals surface area contributed by atoms with E-state index < -0.39 is 0 Å². The summed E-state index contributed by atoms with van der Waals surface area (Å²) in [4.78, 5) is 0. The van der Waals surface area contributed by atoms with Crippen LogP contribution in [0, 0.1) is 0 Å². The van der Waals surface area contributed by atoms with E-state index in [2.05, 4.69) is 205 Å². The first-order valence-electron chi connectivity index (χ1n) is 19.1. The first-order valence-corrected chi connectivity index (χ1v) is 19.1. The standard InChI is InChI=1S/C54H33N/c1-2-16-42(17-3-1)55-49-20-10-15-36-25-27-46-43(29-30-50(55)54(46)53(36)49)39-26-28-47-48(33-39)52(41-24-22-35-12-5-7-14-38(35)32-41)45-19-9-8-18-44(45)51(47)40-23-21-34-11-4-6-13-37(34)31-40/h1-33H. The molecule has 11 aromatic carbocycles. The van der Waals surface area contributed by atoms with Crippen LogP contribution >= 0.6 is 0 Å². The van der Waals surface area contributed by atoms with Gasteiger partial charge in [0.25, 0.3) is 0 Å². The van der Waals surface area contributed by atoms with Gasteiger partial charge in [0.2, 0.25) is 0 Å². The van der Waals surface area contributed by atoms with Gasteiger partial charge in [-0.05, 0) is 130 Å². The first kappa shape index (κ1) is 30.3. The van der Waals surface area contributed by atoms with Crippen molar-refractivity contribution < 1.29 is 0 Å². The summed E-state index contributed by atoms with van der Waals surface area (Å²) in [5.74, 6) is 0. The van der Waals surface area contributed by atoms with Crippen molar-refractivity contribution in [3.63, 3.8) is 0 Å². The Morgan fingerprint density at radius 3 is 1.51 bits per heavy atom. The van der Waals surface area contributed by atoms with E-state index in [-0.39, 0.29) is 0 Å². The Morgan fingerprint density at radius 1 is 0.273 bits per heavy atom. The van der Waals surface area contributed by atoms with Crippen LogP contribution in [0.5, 0.6) is 0 Å². The fraction of sp³-hybridized carbons (Fsp3) is 0. The Kier molecular flexibility index (Phi) is 6.40. The van der Waals surface area contributed by atoms with E-state index in [1.165, 1.54) is 115 Å². The van der Waals surface area contributed by atoms with Crippen molar-refractivity contribution in [2.24, 2.45) is 0 Å². The summed E-state index contributed by atoms with van der Waals surface area (Å²) in [5, 5.41) is 15.2. The topological polar surface area (TPSA) is 4.93 Å². The van der Waals surface area contributed by atoms with E-state index in [0.717, 1.165) is 0 Å². The van der Waals surface area contributed by atoms with Crippen LogP contribution in [0.2, 0.25) is 0 Å². The lowest BCUT2D eigenvalue weighted by Gasteiger charge is -2.19. The Labute approximate surface area is 318 Å². The number of fused-ring (bicyclic) bond motifs is 4. The van der Waals surface area contributed by atoms with Crippen LogP contribution in [-0.4, -0.2) is 4.57 Å². The van der Waals surface area contributed by atoms with Gasteiger partial charge in [-0.3, -0.25) is 0 Å². The van der Waals surface area contributed by atoms with E-state index in [1.807, 2.05) is 0 Å². The predicted molar refractivity (Wildman–Crippen MR) is 236 cm³/mol. The predicted octanol–water partition coefficient (Wildman–Crippen LogP) is 15.0. The van der Waals surface area contributed by atoms with Crippen molar-refractivity contribution in [2.45, 2.75) is 0 Å². The van der Waals surface area contributed by atoms with Gasteiger partial charge in [-0.2, -0.15) is 0 Å². The molecule has 0 amide bonds. The number of hydrogen-bond donors (Lipinski definition) is 0. The number of para-hydroxylation sites is 1. The summed E-state index contributed by atoms with van der Waals surface area (Å²) in [6.07, 6.45) is 0. The van der Waals surface area contributed by atoms with Crippen LogP contribution in [0.25, 0.3) is 115 Å². The molecule has 0 unspecified atom stereocenters. The Morgan fingerprint density at radius 2 is 0.800 bits per heavy atom. The molecule has 0 aliphatic rings. The van der Waals surface area contributed by atoms with Crippen LogP contribution in [0.3, 0.4) is 0 Å². The van der Waals surface area contributed by atoms with Crippen LogP contribution in [0.4, 0.5) is 0 Å². The highest BCUT2D eigenvalue weighted by Gasteiger charge is 2.21. The molecule has 1 nitrogen and oxygen atoms in total. The van der Waals surface area contributed by atoms with Crippen molar-refractivity contribution in [2.75, 3.05) is 0 Å². The van der Waals surface area contributed by atoms with Gasteiger partial charge >= 0.3 is 0 Å². The molecule has 1 heteroatoms. The highest BCUT2D eigenvalue weighted by atomic mass is 15.0. The third-order valence-electron chi connectivity index (χ3n) is 11.9. The molecular weight excluding hydrogens is 663 g/mol. The molecule has 12 rings (SSSR count). The Bertz CT molecular complexity index is 3480. The Balaban J connectivity index is 1.18. The molecular formula is C54H33N. The zero-order valence-electron chi connectivity index (χ0n) is 30.0. The minimum absolute atomic E-state index is 1.18. The zero-order valence-corrected chi connectivity index (χ0v) is 30.0. The van der Waals surface area contributed by atoms with Crippen molar-refractivity contribution in [1.29, 1.82) is 0 Å². The second kappa shape index (κ2) is 11.6. The third kappa shape index (κ3) is 4.48. The summed E-state index contributed by atoms with van der Waals surface area (Å²) >= 11 is 0. The number of hydrogen-bond acceptors (Lipinski definition) is 0. The maximum absolute atomic E-state index is 2.47. The van der Waals surface area contributed by atoms with Gasteiger partial charge in [0.05, 0.1) is 11.0 Å². The zero-order chi connectivity index (χ0) is 36.0. The van der Waals surface area contributed by atoms with E-state index in [9.17, 15) is 0 Å². The highest BCUT2D eigenvalue weighted by Crippen LogP contribution is 2.47. The number of aromatic nitrogens is 1. The second-order valence-electron chi connectivity index (χ2n) is 14.8. The molecule has 55 heavy (non-hydrogen) atoms. The monoisotopic (exact) mass is 695 g/mol. The summed E-state index contributed by atoms with van der Waals surface area (Å²) < 4.78 is 2.43. The quantitative estimate of drug-likeness (QED) is 0.128. The summed E-state index contributed by atoms with van der Waals surface area (Å²) in [6.45, 7) is 0. The van der Waals surface area contributed by atoms with Crippen molar-refractivity contribution in [3.8, 4) is 39.1 Å². The maximum atomic E-state index is 2.47. The fourth-order valence-corrected chi connectivity index (χ4v) is 9.45. The van der Waals surface area contributed by atoms with Crippen molar-refractivity contribution in [3.05, 3.63) is 200 Å². The summed E-state index contributed by atoms with van der Waals surface area (Å²) in [6, 6.07) is 74.2. The van der Waals surface area contributed by atoms with Crippen LogP contribution in [-0.2, 0) is 0 Å². The average Bonchev–Trinajstić information content (AvgIpc) is 3.60. The normalized spacial score (nSPS) is 12.0. The second-order valence-corrected chi connectivity index (χ2v) is 14.8. The fourth-order valence-electron chi connectivity index (χ4n) is 9.45. The average molecular weight is 696 g/mol. The van der Waals surface area contributed by atoms with Gasteiger partial charge in [-0.25, -0.2) is 0 Å². The largest absolute Gasteiger partial charge is 0.309 e.